The molecule has 2 aliphatic rings. The number of ether oxygens (including phenoxy) is 3. The van der Waals surface area contributed by atoms with Gasteiger partial charge in [-0.15, -0.1) is 0 Å². The Bertz CT molecular complexity index is 1000. The van der Waals surface area contributed by atoms with Crippen LogP contribution in [-0.2, 0) is 6.42 Å². The number of carbonyl (C=O) groups is 2. The number of Topliss-reactive ketones (excluding diaryl/α,β-unsaturated/α-hetero) is 2. The highest BCUT2D eigenvalue weighted by Gasteiger charge is 2.61. The maximum absolute atomic E-state index is 13.5. The number of aryl methyl sites for hydroxylation is 1. The number of aromatic nitrogens is 1. The molecule has 0 amide bonds. The molecule has 1 aliphatic carbocycles. The number of benzene rings is 1. The summed E-state index contributed by atoms with van der Waals surface area (Å²) < 4.78 is 16.7. The molecule has 140 valence electrons. The van der Waals surface area contributed by atoms with Crippen LogP contribution in [0.25, 0.3) is 0 Å². The molecule has 0 bridgehead atoms. The van der Waals surface area contributed by atoms with Gasteiger partial charge < -0.3 is 14.2 Å². The highest BCUT2D eigenvalue weighted by molar-refractivity contribution is 6.36. The van der Waals surface area contributed by atoms with E-state index < -0.39 is 23.1 Å². The normalized spacial score (nSPS) is 23.1. The first kappa shape index (κ1) is 17.8. The fraction of sp³-hybridized carbons (Fsp3) is 0.350. The molecular formula is C20H18ClNO5. The maximum atomic E-state index is 13.5. The lowest BCUT2D eigenvalue weighted by Gasteiger charge is -2.36. The third-order valence-electron chi connectivity index (χ3n) is 5.31. The Balaban J connectivity index is 1.92. The number of fused-ring (bicyclic) bond motifs is 2. The minimum atomic E-state index is -1.67. The third kappa shape index (κ3) is 2.22. The first-order chi connectivity index (χ1) is 12.8. The van der Waals surface area contributed by atoms with Crippen LogP contribution < -0.4 is 14.2 Å². The van der Waals surface area contributed by atoms with Gasteiger partial charge >= 0.3 is 0 Å². The quantitative estimate of drug-likeness (QED) is 0.735. The van der Waals surface area contributed by atoms with Gasteiger partial charge in [0.05, 0.1) is 19.9 Å². The molecule has 1 aromatic carbocycles. The van der Waals surface area contributed by atoms with Crippen molar-refractivity contribution in [3.63, 3.8) is 0 Å². The van der Waals surface area contributed by atoms with Gasteiger partial charge in [0.2, 0.25) is 17.2 Å². The molecule has 0 radical (unpaired) electrons. The molecule has 0 fully saturated rings. The molecule has 1 aliphatic heterocycles. The zero-order valence-electron chi connectivity index (χ0n) is 15.4. The minimum Gasteiger partial charge on any atom is -0.496 e. The standard InChI is InChI=1S/C20H18ClNO5/c1-9-7-12-11(6-5-10(2)22-12)18(23)20(9)19(24)15-13(25-3)8-14(26-4)16(21)17(15)27-20/h5-6,8-9H,7H2,1-4H3/t9-,20?/m1/s1. The van der Waals surface area contributed by atoms with Gasteiger partial charge in [-0.3, -0.25) is 14.6 Å². The number of halogens is 1. The molecular weight excluding hydrogens is 370 g/mol. The third-order valence-corrected chi connectivity index (χ3v) is 5.67. The number of nitrogens with zero attached hydrogens (tertiary/aromatic N) is 1. The summed E-state index contributed by atoms with van der Waals surface area (Å²) in [5, 5.41) is 0.145. The number of ketones is 2. The average Bonchev–Trinajstić information content (AvgIpc) is 2.96. The van der Waals surface area contributed by atoms with Crippen LogP contribution in [0.1, 0.15) is 39.0 Å². The topological polar surface area (TPSA) is 74.7 Å². The van der Waals surface area contributed by atoms with Crippen molar-refractivity contribution in [3.05, 3.63) is 45.7 Å². The second-order valence-corrected chi connectivity index (χ2v) is 7.23. The van der Waals surface area contributed by atoms with Crippen molar-refractivity contribution in [2.45, 2.75) is 25.9 Å². The summed E-state index contributed by atoms with van der Waals surface area (Å²) in [5.41, 5.74) is 0.409. The molecule has 0 saturated heterocycles. The summed E-state index contributed by atoms with van der Waals surface area (Å²) in [5.74, 6) is -0.559. The Labute approximate surface area is 161 Å². The van der Waals surface area contributed by atoms with E-state index >= 15 is 0 Å². The van der Waals surface area contributed by atoms with Crippen molar-refractivity contribution >= 4 is 23.2 Å². The van der Waals surface area contributed by atoms with E-state index in [9.17, 15) is 9.59 Å². The lowest BCUT2D eigenvalue weighted by atomic mass is 9.71. The van der Waals surface area contributed by atoms with E-state index in [1.54, 1.807) is 12.1 Å². The van der Waals surface area contributed by atoms with Crippen LogP contribution in [0, 0.1) is 12.8 Å². The molecule has 2 aromatic rings. The Morgan fingerprint density at radius 2 is 1.89 bits per heavy atom. The highest BCUT2D eigenvalue weighted by Crippen LogP contribution is 2.53. The van der Waals surface area contributed by atoms with E-state index in [-0.39, 0.29) is 22.1 Å². The predicted octanol–water partition coefficient (Wildman–Crippen LogP) is 3.45. The second-order valence-electron chi connectivity index (χ2n) is 6.85. The lowest BCUT2D eigenvalue weighted by molar-refractivity contribution is 0.0257. The van der Waals surface area contributed by atoms with Crippen molar-refractivity contribution < 1.29 is 23.8 Å². The van der Waals surface area contributed by atoms with Crippen LogP contribution in [0.3, 0.4) is 0 Å². The Morgan fingerprint density at radius 1 is 1.19 bits per heavy atom. The summed E-state index contributed by atoms with van der Waals surface area (Å²) in [6.45, 7) is 3.68. The fourth-order valence-electron chi connectivity index (χ4n) is 3.91. The van der Waals surface area contributed by atoms with Crippen LogP contribution in [0.2, 0.25) is 5.02 Å². The summed E-state index contributed by atoms with van der Waals surface area (Å²) in [4.78, 5) is 31.3. The van der Waals surface area contributed by atoms with Gasteiger partial charge in [0, 0.05) is 23.2 Å². The minimum absolute atomic E-state index is 0.126. The Kier molecular flexibility index (Phi) is 3.93. The van der Waals surface area contributed by atoms with Crippen LogP contribution >= 0.6 is 11.6 Å². The molecule has 6 nitrogen and oxygen atoms in total. The summed E-state index contributed by atoms with van der Waals surface area (Å²) in [7, 11) is 2.90. The highest BCUT2D eigenvalue weighted by atomic mass is 35.5. The van der Waals surface area contributed by atoms with Crippen molar-refractivity contribution in [1.29, 1.82) is 0 Å². The molecule has 4 rings (SSSR count). The van der Waals surface area contributed by atoms with Crippen LogP contribution in [0.4, 0.5) is 0 Å². The zero-order chi connectivity index (χ0) is 19.5. The molecule has 1 spiro atoms. The molecule has 2 heterocycles. The SMILES string of the molecule is COc1cc(OC)c2c(c1Cl)OC1(C(=O)c3ccc(C)nc3C[C@H]1C)C2=O. The van der Waals surface area contributed by atoms with Crippen LogP contribution in [0.15, 0.2) is 18.2 Å². The number of hydrogen-bond donors (Lipinski definition) is 0. The summed E-state index contributed by atoms with van der Waals surface area (Å²) in [6, 6.07) is 4.98. The maximum Gasteiger partial charge on any atom is 0.236 e. The van der Waals surface area contributed by atoms with Crippen LogP contribution in [-0.4, -0.2) is 36.4 Å². The van der Waals surface area contributed by atoms with E-state index in [4.69, 9.17) is 25.8 Å². The lowest BCUT2D eigenvalue weighted by Crippen LogP contribution is -2.56. The molecule has 1 unspecified atom stereocenters. The van der Waals surface area contributed by atoms with E-state index in [1.165, 1.54) is 20.3 Å². The Hall–Kier alpha value is -2.60. The smallest absolute Gasteiger partial charge is 0.236 e. The van der Waals surface area contributed by atoms with Crippen molar-refractivity contribution in [2.24, 2.45) is 5.92 Å². The molecule has 0 saturated carbocycles. The van der Waals surface area contributed by atoms with Gasteiger partial charge in [-0.1, -0.05) is 18.5 Å². The van der Waals surface area contributed by atoms with Gasteiger partial charge in [-0.2, -0.15) is 0 Å². The number of pyridine rings is 1. The van der Waals surface area contributed by atoms with Gasteiger partial charge in [0.1, 0.15) is 22.1 Å². The molecule has 27 heavy (non-hydrogen) atoms. The van der Waals surface area contributed by atoms with E-state index in [0.717, 1.165) is 5.69 Å². The monoisotopic (exact) mass is 387 g/mol. The number of hydrogen-bond acceptors (Lipinski definition) is 6. The predicted molar refractivity (Wildman–Crippen MR) is 98.4 cm³/mol. The van der Waals surface area contributed by atoms with E-state index in [2.05, 4.69) is 4.98 Å². The first-order valence-electron chi connectivity index (χ1n) is 8.54. The van der Waals surface area contributed by atoms with E-state index in [1.807, 2.05) is 13.8 Å². The van der Waals surface area contributed by atoms with Crippen molar-refractivity contribution in [2.75, 3.05) is 14.2 Å². The molecule has 0 N–H and O–H groups in total. The number of rotatable bonds is 2. The van der Waals surface area contributed by atoms with Crippen molar-refractivity contribution in [1.82, 2.24) is 4.98 Å². The summed E-state index contributed by atoms with van der Waals surface area (Å²) >= 11 is 6.39. The fourth-order valence-corrected chi connectivity index (χ4v) is 4.17. The summed E-state index contributed by atoms with van der Waals surface area (Å²) in [6.07, 6.45) is 0.444. The van der Waals surface area contributed by atoms with Gasteiger partial charge in [-0.25, -0.2) is 0 Å². The molecule has 7 heteroatoms. The Morgan fingerprint density at radius 3 is 2.56 bits per heavy atom. The largest absolute Gasteiger partial charge is 0.496 e. The van der Waals surface area contributed by atoms with Gasteiger partial charge in [-0.05, 0) is 25.5 Å². The van der Waals surface area contributed by atoms with E-state index in [0.29, 0.717) is 23.4 Å². The molecule has 1 aromatic heterocycles. The van der Waals surface area contributed by atoms with Crippen molar-refractivity contribution in [3.8, 4) is 17.2 Å². The first-order valence-corrected chi connectivity index (χ1v) is 8.92. The average molecular weight is 388 g/mol. The molecule has 2 atom stereocenters. The number of carbonyl (C=O) groups excluding carboxylic acids is 2. The zero-order valence-corrected chi connectivity index (χ0v) is 16.1. The second kappa shape index (κ2) is 5.96. The van der Waals surface area contributed by atoms with Crippen LogP contribution in [0.5, 0.6) is 17.2 Å². The van der Waals surface area contributed by atoms with Gasteiger partial charge in [0.25, 0.3) is 0 Å². The van der Waals surface area contributed by atoms with Gasteiger partial charge in [0.15, 0.2) is 5.75 Å². The number of methoxy groups -OCH3 is 2.